The zero-order chi connectivity index (χ0) is 15.0. The Balaban J connectivity index is 2.09. The first kappa shape index (κ1) is 14.6. The standard InChI is InChI=1S/C15H12BrIN2O2/c16-8-1-3-13-10(5-8)12(7-20-15(18)19)11-6-9(17)2-4-14(11)21-13/h1-6,12H,7H2,(H3,18,19)/t12-/m0/s1. The van der Waals surface area contributed by atoms with Gasteiger partial charge in [-0.1, -0.05) is 15.9 Å². The molecule has 108 valence electrons. The summed E-state index contributed by atoms with van der Waals surface area (Å²) in [6.45, 7) is 0.315. The second kappa shape index (κ2) is 5.84. The Morgan fingerprint density at radius 3 is 2.62 bits per heavy atom. The normalized spacial score (nSPS) is 15.6. The summed E-state index contributed by atoms with van der Waals surface area (Å²) in [6, 6.07) is 11.7. The van der Waals surface area contributed by atoms with E-state index in [1.165, 1.54) is 0 Å². The molecule has 21 heavy (non-hydrogen) atoms. The van der Waals surface area contributed by atoms with Crippen LogP contribution in [-0.4, -0.2) is 12.6 Å². The molecule has 0 unspecified atom stereocenters. The Morgan fingerprint density at radius 2 is 1.90 bits per heavy atom. The van der Waals surface area contributed by atoms with E-state index in [9.17, 15) is 0 Å². The number of hydrogen-bond donors (Lipinski definition) is 2. The Bertz CT molecular complexity index is 669. The van der Waals surface area contributed by atoms with Crippen LogP contribution in [0.3, 0.4) is 0 Å². The van der Waals surface area contributed by atoms with Gasteiger partial charge in [-0.25, -0.2) is 0 Å². The lowest BCUT2D eigenvalue weighted by Crippen LogP contribution is -2.21. The van der Waals surface area contributed by atoms with Gasteiger partial charge >= 0.3 is 0 Å². The lowest BCUT2D eigenvalue weighted by Gasteiger charge is -2.28. The van der Waals surface area contributed by atoms with Crippen LogP contribution in [-0.2, 0) is 4.74 Å². The zero-order valence-electron chi connectivity index (χ0n) is 10.9. The van der Waals surface area contributed by atoms with E-state index in [1.807, 2.05) is 30.3 Å². The molecule has 3 N–H and O–H groups in total. The van der Waals surface area contributed by atoms with E-state index in [1.54, 1.807) is 0 Å². The second-order valence-corrected chi connectivity index (χ2v) is 6.86. The summed E-state index contributed by atoms with van der Waals surface area (Å²) in [5, 5.41) is 7.28. The van der Waals surface area contributed by atoms with Gasteiger partial charge in [0.25, 0.3) is 6.02 Å². The maximum Gasteiger partial charge on any atom is 0.279 e. The number of halogens is 2. The number of nitrogens with two attached hydrogens (primary N) is 1. The molecule has 0 saturated carbocycles. The first-order valence-electron chi connectivity index (χ1n) is 6.28. The van der Waals surface area contributed by atoms with E-state index < -0.39 is 0 Å². The predicted molar refractivity (Wildman–Crippen MR) is 93.1 cm³/mol. The van der Waals surface area contributed by atoms with Gasteiger partial charge in [0.05, 0.1) is 5.92 Å². The van der Waals surface area contributed by atoms with Crippen molar-refractivity contribution in [1.29, 1.82) is 5.41 Å². The number of rotatable bonds is 2. The average Bonchev–Trinajstić information content (AvgIpc) is 2.44. The van der Waals surface area contributed by atoms with Crippen LogP contribution in [0.4, 0.5) is 0 Å². The first-order chi connectivity index (χ1) is 10.0. The van der Waals surface area contributed by atoms with Gasteiger partial charge < -0.3 is 15.2 Å². The quantitative estimate of drug-likeness (QED) is 0.402. The summed E-state index contributed by atoms with van der Waals surface area (Å²) in [7, 11) is 0. The van der Waals surface area contributed by atoms with Gasteiger partial charge in [0.2, 0.25) is 0 Å². The maximum absolute atomic E-state index is 7.28. The number of hydrogen-bond acceptors (Lipinski definition) is 3. The zero-order valence-corrected chi connectivity index (χ0v) is 14.6. The van der Waals surface area contributed by atoms with Crippen LogP contribution in [0.2, 0.25) is 0 Å². The van der Waals surface area contributed by atoms with Gasteiger partial charge in [-0.15, -0.1) is 0 Å². The summed E-state index contributed by atoms with van der Waals surface area (Å²) < 4.78 is 13.3. The molecule has 1 aliphatic rings. The third-order valence-electron chi connectivity index (χ3n) is 3.32. The molecule has 2 aromatic carbocycles. The number of benzene rings is 2. The number of amidine groups is 1. The summed E-state index contributed by atoms with van der Waals surface area (Å²) in [5.41, 5.74) is 7.41. The molecule has 0 fully saturated rings. The van der Waals surface area contributed by atoms with Gasteiger partial charge in [-0.2, -0.15) is 0 Å². The van der Waals surface area contributed by atoms with Crippen molar-refractivity contribution >= 4 is 44.5 Å². The van der Waals surface area contributed by atoms with Gasteiger partial charge in [0.15, 0.2) is 0 Å². The third-order valence-corrected chi connectivity index (χ3v) is 4.48. The Hall–Kier alpha value is -1.28. The van der Waals surface area contributed by atoms with E-state index in [2.05, 4.69) is 44.6 Å². The van der Waals surface area contributed by atoms with E-state index in [0.29, 0.717) is 6.61 Å². The fourth-order valence-corrected chi connectivity index (χ4v) is 3.30. The van der Waals surface area contributed by atoms with Gasteiger partial charge in [0.1, 0.15) is 18.1 Å². The van der Waals surface area contributed by atoms with Crippen LogP contribution < -0.4 is 10.5 Å². The second-order valence-electron chi connectivity index (χ2n) is 4.69. The Labute approximate surface area is 144 Å². The first-order valence-corrected chi connectivity index (χ1v) is 8.15. The molecule has 0 amide bonds. The molecular weight excluding hydrogens is 447 g/mol. The molecule has 0 spiro atoms. The van der Waals surface area contributed by atoms with Crippen molar-refractivity contribution in [2.75, 3.05) is 6.61 Å². The molecule has 3 rings (SSSR count). The molecule has 0 bridgehead atoms. The fraction of sp³-hybridized carbons (Fsp3) is 0.133. The predicted octanol–water partition coefficient (Wildman–Crippen LogP) is 4.20. The van der Waals surface area contributed by atoms with Gasteiger partial charge in [0, 0.05) is 19.2 Å². The summed E-state index contributed by atoms with van der Waals surface area (Å²) in [5.74, 6) is 1.62. The van der Waals surface area contributed by atoms with E-state index >= 15 is 0 Å². The highest BCUT2D eigenvalue weighted by Crippen LogP contribution is 2.45. The Kier molecular flexibility index (Phi) is 4.08. The third kappa shape index (κ3) is 3.01. The number of ether oxygens (including phenoxy) is 2. The highest BCUT2D eigenvalue weighted by atomic mass is 127. The van der Waals surface area contributed by atoms with Gasteiger partial charge in [-0.05, 0) is 59.0 Å². The summed E-state index contributed by atoms with van der Waals surface area (Å²) in [6.07, 6.45) is 0. The monoisotopic (exact) mass is 458 g/mol. The molecule has 0 aliphatic carbocycles. The largest absolute Gasteiger partial charge is 0.465 e. The molecular formula is C15H12BrIN2O2. The molecule has 0 radical (unpaired) electrons. The molecule has 1 aliphatic heterocycles. The summed E-state index contributed by atoms with van der Waals surface area (Å²) in [4.78, 5) is 0. The topological polar surface area (TPSA) is 68.3 Å². The SMILES string of the molecule is N=C(N)OC[C@H]1c2cc(Br)ccc2Oc2ccc(I)cc21. The highest BCUT2D eigenvalue weighted by molar-refractivity contribution is 14.1. The van der Waals surface area contributed by atoms with Crippen LogP contribution in [0.1, 0.15) is 17.0 Å². The van der Waals surface area contributed by atoms with Crippen molar-refractivity contribution in [3.05, 3.63) is 55.6 Å². The van der Waals surface area contributed by atoms with Crippen LogP contribution >= 0.6 is 38.5 Å². The number of nitrogens with one attached hydrogen (secondary N) is 1. The van der Waals surface area contributed by atoms with Crippen LogP contribution in [0.15, 0.2) is 40.9 Å². The maximum atomic E-state index is 7.28. The molecule has 6 heteroatoms. The minimum atomic E-state index is -0.273. The molecule has 1 atom stereocenters. The molecule has 1 heterocycles. The average molecular weight is 459 g/mol. The molecule has 4 nitrogen and oxygen atoms in total. The minimum absolute atomic E-state index is 0.0140. The van der Waals surface area contributed by atoms with Crippen molar-refractivity contribution in [1.82, 2.24) is 0 Å². The number of fused-ring (bicyclic) bond motifs is 2. The molecule has 2 aromatic rings. The van der Waals surface area contributed by atoms with Crippen LogP contribution in [0.25, 0.3) is 0 Å². The van der Waals surface area contributed by atoms with Crippen molar-refractivity contribution in [2.45, 2.75) is 5.92 Å². The van der Waals surface area contributed by atoms with Crippen molar-refractivity contribution in [2.24, 2.45) is 5.73 Å². The Morgan fingerprint density at radius 1 is 1.24 bits per heavy atom. The van der Waals surface area contributed by atoms with Crippen molar-refractivity contribution in [3.8, 4) is 11.5 Å². The van der Waals surface area contributed by atoms with Crippen molar-refractivity contribution < 1.29 is 9.47 Å². The lowest BCUT2D eigenvalue weighted by atomic mass is 9.89. The smallest absolute Gasteiger partial charge is 0.279 e. The van der Waals surface area contributed by atoms with Crippen molar-refractivity contribution in [3.63, 3.8) is 0 Å². The van der Waals surface area contributed by atoms with Crippen LogP contribution in [0.5, 0.6) is 11.5 Å². The van der Waals surface area contributed by atoms with E-state index in [4.69, 9.17) is 20.6 Å². The van der Waals surface area contributed by atoms with Crippen LogP contribution in [0, 0.1) is 8.98 Å². The fourth-order valence-electron chi connectivity index (χ4n) is 2.41. The minimum Gasteiger partial charge on any atom is -0.465 e. The van der Waals surface area contributed by atoms with E-state index in [-0.39, 0.29) is 11.9 Å². The van der Waals surface area contributed by atoms with Gasteiger partial charge in [-0.3, -0.25) is 5.41 Å². The molecule has 0 saturated heterocycles. The molecule has 0 aromatic heterocycles. The highest BCUT2D eigenvalue weighted by Gasteiger charge is 2.28. The lowest BCUT2D eigenvalue weighted by molar-refractivity contribution is 0.274. The van der Waals surface area contributed by atoms with E-state index in [0.717, 1.165) is 30.7 Å². The summed E-state index contributed by atoms with van der Waals surface area (Å²) >= 11 is 5.76.